The molecule has 0 bridgehead atoms. The van der Waals surface area contributed by atoms with E-state index >= 15 is 0 Å². The van der Waals surface area contributed by atoms with Gasteiger partial charge in [0, 0.05) is 0 Å². The van der Waals surface area contributed by atoms with E-state index in [0.29, 0.717) is 0 Å². The fourth-order valence-corrected chi connectivity index (χ4v) is 2.08. The van der Waals surface area contributed by atoms with Gasteiger partial charge in [0.25, 0.3) is 0 Å². The van der Waals surface area contributed by atoms with Crippen LogP contribution < -0.4 is 10.5 Å². The molecule has 2 aromatic rings. The Balaban J connectivity index is 0.00000288. The van der Waals surface area contributed by atoms with E-state index in [0.717, 1.165) is 18.2 Å². The van der Waals surface area contributed by atoms with Crippen molar-refractivity contribution in [2.75, 3.05) is 0 Å². The zero-order valence-corrected chi connectivity index (χ0v) is 12.7. The molecule has 0 fully saturated rings. The van der Waals surface area contributed by atoms with E-state index in [4.69, 9.17) is 5.73 Å². The highest BCUT2D eigenvalue weighted by atomic mass is 35.5. The van der Waals surface area contributed by atoms with Crippen LogP contribution in [-0.4, -0.2) is 6.36 Å². The maximum absolute atomic E-state index is 13.0. The molecule has 0 unspecified atom stereocenters. The fraction of sp³-hybridized carbons (Fsp3) is 0.200. The van der Waals surface area contributed by atoms with Crippen LogP contribution in [0.1, 0.15) is 22.7 Å². The number of alkyl halides is 6. The van der Waals surface area contributed by atoms with Crippen LogP contribution in [0.4, 0.5) is 26.3 Å². The maximum Gasteiger partial charge on any atom is 0.573 e. The molecule has 0 spiro atoms. The van der Waals surface area contributed by atoms with Crippen LogP contribution in [-0.2, 0) is 6.18 Å². The molecule has 0 heterocycles. The minimum absolute atomic E-state index is 0. The molecule has 0 aliphatic heterocycles. The molecule has 0 saturated carbocycles. The third-order valence-corrected chi connectivity index (χ3v) is 3.07. The molecule has 2 N–H and O–H groups in total. The molecule has 9 heteroatoms. The average molecular weight is 372 g/mol. The van der Waals surface area contributed by atoms with Gasteiger partial charge in [-0.3, -0.25) is 0 Å². The van der Waals surface area contributed by atoms with E-state index in [1.807, 2.05) is 0 Å². The summed E-state index contributed by atoms with van der Waals surface area (Å²) in [5.74, 6) is -0.474. The summed E-state index contributed by atoms with van der Waals surface area (Å²) in [5, 5.41) is 0. The highest BCUT2D eigenvalue weighted by Gasteiger charge is 2.34. The molecule has 132 valence electrons. The van der Waals surface area contributed by atoms with Gasteiger partial charge in [-0.1, -0.05) is 30.3 Å². The number of halogens is 7. The quantitative estimate of drug-likeness (QED) is 0.764. The predicted octanol–water partition coefficient (Wildman–Crippen LogP) is 5.07. The van der Waals surface area contributed by atoms with Crippen LogP contribution in [0.5, 0.6) is 5.75 Å². The third kappa shape index (κ3) is 5.04. The second-order valence-corrected chi connectivity index (χ2v) is 4.68. The molecule has 0 radical (unpaired) electrons. The van der Waals surface area contributed by atoms with Crippen LogP contribution in [0.3, 0.4) is 0 Å². The van der Waals surface area contributed by atoms with E-state index in [2.05, 4.69) is 4.74 Å². The number of hydrogen-bond acceptors (Lipinski definition) is 2. The highest BCUT2D eigenvalue weighted by molar-refractivity contribution is 5.85. The lowest BCUT2D eigenvalue weighted by atomic mass is 9.95. The Morgan fingerprint density at radius 3 is 1.88 bits per heavy atom. The average Bonchev–Trinajstić information content (AvgIpc) is 2.45. The summed E-state index contributed by atoms with van der Waals surface area (Å²) in [5.41, 5.74) is 5.01. The first-order chi connectivity index (χ1) is 10.6. The van der Waals surface area contributed by atoms with Gasteiger partial charge in [0.2, 0.25) is 0 Å². The van der Waals surface area contributed by atoms with Crippen molar-refractivity contribution in [3.63, 3.8) is 0 Å². The van der Waals surface area contributed by atoms with Crippen LogP contribution >= 0.6 is 12.4 Å². The molecule has 0 saturated heterocycles. The van der Waals surface area contributed by atoms with Crippen molar-refractivity contribution in [3.05, 3.63) is 65.2 Å². The number of nitrogens with two attached hydrogens (primary N) is 1. The molecule has 0 amide bonds. The summed E-state index contributed by atoms with van der Waals surface area (Å²) >= 11 is 0. The van der Waals surface area contributed by atoms with Gasteiger partial charge in [-0.05, 0) is 29.3 Å². The summed E-state index contributed by atoms with van der Waals surface area (Å²) in [7, 11) is 0. The van der Waals surface area contributed by atoms with Gasteiger partial charge in [0.15, 0.2) is 0 Å². The van der Waals surface area contributed by atoms with Gasteiger partial charge in [-0.2, -0.15) is 13.2 Å². The van der Waals surface area contributed by atoms with Crippen molar-refractivity contribution < 1.29 is 31.1 Å². The van der Waals surface area contributed by atoms with Crippen LogP contribution in [0, 0.1) is 0 Å². The molecule has 0 aliphatic carbocycles. The first kappa shape index (κ1) is 20.1. The summed E-state index contributed by atoms with van der Waals surface area (Å²) < 4.78 is 78.9. The molecular weight excluding hydrogens is 360 g/mol. The van der Waals surface area contributed by atoms with Crippen molar-refractivity contribution in [2.24, 2.45) is 5.73 Å². The van der Waals surface area contributed by atoms with Crippen LogP contribution in [0.2, 0.25) is 0 Å². The predicted molar refractivity (Wildman–Crippen MR) is 77.8 cm³/mol. The van der Waals surface area contributed by atoms with Crippen molar-refractivity contribution >= 4 is 12.4 Å². The van der Waals surface area contributed by atoms with E-state index < -0.39 is 29.9 Å². The Morgan fingerprint density at radius 1 is 0.833 bits per heavy atom. The van der Waals surface area contributed by atoms with Crippen LogP contribution in [0.15, 0.2) is 48.5 Å². The van der Waals surface area contributed by atoms with Gasteiger partial charge in [0.1, 0.15) is 5.75 Å². The summed E-state index contributed by atoms with van der Waals surface area (Å²) in [6.45, 7) is 0. The van der Waals surface area contributed by atoms with E-state index in [1.54, 1.807) is 0 Å². The second-order valence-electron chi connectivity index (χ2n) is 4.68. The van der Waals surface area contributed by atoms with Crippen LogP contribution in [0.25, 0.3) is 0 Å². The van der Waals surface area contributed by atoms with E-state index in [-0.39, 0.29) is 23.5 Å². The lowest BCUT2D eigenvalue weighted by molar-refractivity contribution is -0.274. The Morgan fingerprint density at radius 2 is 1.38 bits per heavy atom. The number of rotatable bonds is 3. The topological polar surface area (TPSA) is 35.2 Å². The van der Waals surface area contributed by atoms with Crippen molar-refractivity contribution in [2.45, 2.75) is 18.6 Å². The second kappa shape index (κ2) is 7.31. The minimum atomic E-state index is -4.84. The lowest BCUT2D eigenvalue weighted by Gasteiger charge is -2.19. The van der Waals surface area contributed by atoms with Gasteiger partial charge in [0.05, 0.1) is 11.6 Å². The fourth-order valence-electron chi connectivity index (χ4n) is 2.08. The normalized spacial score (nSPS) is 13.1. The van der Waals surface area contributed by atoms with Gasteiger partial charge < -0.3 is 10.5 Å². The number of hydrogen-bond donors (Lipinski definition) is 1. The zero-order chi connectivity index (χ0) is 17.3. The molecule has 24 heavy (non-hydrogen) atoms. The Bertz CT molecular complexity index is 669. The standard InChI is InChI=1S/C15H11F6NO.ClH/c16-14(17,18)12-4-2-1-3-11(12)13(22)9-5-7-10(8-6-9)23-15(19,20)21;/h1-8,13H,22H2;1H/t13-;/m0./s1. The van der Waals surface area contributed by atoms with Gasteiger partial charge in [-0.25, -0.2) is 0 Å². The summed E-state index contributed by atoms with van der Waals surface area (Å²) in [6.07, 6.45) is -9.42. The summed E-state index contributed by atoms with van der Waals surface area (Å²) in [4.78, 5) is 0. The van der Waals surface area contributed by atoms with E-state index in [1.165, 1.54) is 30.3 Å². The van der Waals surface area contributed by atoms with Gasteiger partial charge >= 0.3 is 12.5 Å². The lowest BCUT2D eigenvalue weighted by Crippen LogP contribution is -2.19. The SMILES string of the molecule is Cl.N[C@@H](c1ccc(OC(F)(F)F)cc1)c1ccccc1C(F)(F)F. The van der Waals surface area contributed by atoms with Crippen molar-refractivity contribution in [3.8, 4) is 5.75 Å². The molecule has 1 atom stereocenters. The number of benzene rings is 2. The third-order valence-electron chi connectivity index (χ3n) is 3.07. The Hall–Kier alpha value is -1.93. The molecule has 2 aromatic carbocycles. The Kier molecular flexibility index (Phi) is 6.13. The monoisotopic (exact) mass is 371 g/mol. The van der Waals surface area contributed by atoms with Crippen molar-refractivity contribution in [1.82, 2.24) is 0 Å². The van der Waals surface area contributed by atoms with Crippen molar-refractivity contribution in [1.29, 1.82) is 0 Å². The molecule has 0 aliphatic rings. The smallest absolute Gasteiger partial charge is 0.406 e. The first-order valence-corrected chi connectivity index (χ1v) is 6.35. The summed E-state index contributed by atoms with van der Waals surface area (Å²) in [6, 6.07) is 8.03. The first-order valence-electron chi connectivity index (χ1n) is 6.35. The molecule has 2 rings (SSSR count). The highest BCUT2D eigenvalue weighted by Crippen LogP contribution is 2.36. The molecule has 2 nitrogen and oxygen atoms in total. The molecular formula is C15H12ClF6NO. The zero-order valence-electron chi connectivity index (χ0n) is 11.9. The largest absolute Gasteiger partial charge is 0.573 e. The number of ether oxygens (including phenoxy) is 1. The molecule has 0 aromatic heterocycles. The Labute approximate surface area is 139 Å². The van der Waals surface area contributed by atoms with Gasteiger partial charge in [-0.15, -0.1) is 25.6 Å². The maximum atomic E-state index is 13.0. The minimum Gasteiger partial charge on any atom is -0.406 e. The van der Waals surface area contributed by atoms with E-state index in [9.17, 15) is 26.3 Å².